The monoisotopic (exact) mass is 518 g/mol. The molecule has 0 unspecified atom stereocenters. The van der Waals surface area contributed by atoms with Crippen LogP contribution in [0.2, 0.25) is 5.02 Å². The normalized spacial score (nSPS) is 15.3. The van der Waals surface area contributed by atoms with E-state index in [2.05, 4.69) is 14.9 Å². The third-order valence-electron chi connectivity index (χ3n) is 5.81. The first kappa shape index (κ1) is 25.3. The maximum absolute atomic E-state index is 12.3. The molecule has 2 heterocycles. The summed E-state index contributed by atoms with van der Waals surface area (Å²) in [5.41, 5.74) is 1.41. The van der Waals surface area contributed by atoms with Crippen molar-refractivity contribution in [1.29, 1.82) is 0 Å². The topological polar surface area (TPSA) is 119 Å². The zero-order chi connectivity index (χ0) is 24.9. The molecule has 3 aromatic rings. The summed E-state index contributed by atoms with van der Waals surface area (Å²) >= 11 is 7.79. The number of aliphatic hydroxyl groups is 1. The number of rotatable bonds is 7. The smallest absolute Gasteiger partial charge is 0.410 e. The molecule has 1 aliphatic rings. The highest BCUT2D eigenvalue weighted by Gasteiger charge is 2.24. The third-order valence-corrected chi connectivity index (χ3v) is 7.66. The van der Waals surface area contributed by atoms with E-state index < -0.39 is 11.8 Å². The second-order valence-corrected chi connectivity index (χ2v) is 9.83. The van der Waals surface area contributed by atoms with Gasteiger partial charge in [-0.2, -0.15) is 4.98 Å². The van der Waals surface area contributed by atoms with Gasteiger partial charge in [-0.3, -0.25) is 4.90 Å². The Morgan fingerprint density at radius 1 is 1.26 bits per heavy atom. The molecule has 1 aromatic heterocycles. The van der Waals surface area contributed by atoms with Crippen LogP contribution in [-0.4, -0.2) is 80.7 Å². The van der Waals surface area contributed by atoms with Crippen LogP contribution in [0.4, 0.5) is 4.79 Å². The lowest BCUT2D eigenvalue weighted by Gasteiger charge is -2.35. The second kappa shape index (κ2) is 11.3. The first-order valence-electron chi connectivity index (χ1n) is 11.2. The largest absolute Gasteiger partial charge is 0.493 e. The summed E-state index contributed by atoms with van der Waals surface area (Å²) < 4.78 is 5.40. The molecular formula is C24H27ClN4O5S. The first-order valence-corrected chi connectivity index (χ1v) is 12.6. The van der Waals surface area contributed by atoms with Crippen LogP contribution in [0, 0.1) is 6.92 Å². The van der Waals surface area contributed by atoms with Gasteiger partial charge < -0.3 is 24.8 Å². The number of halogens is 1. The standard InChI is InChI=1S/C24H27ClN4O5S/c1-15-11-18-20(26-23(32)27-22(18)31)21(19(15)25)35-14-17(30)12-28-7-9-29(10-8-28)24(33)34-13-16-5-3-2-4-6-16/h2-6,11,17,30H,7-10,12-14H2,1H3,(H2,26,27,31,32)/t17-/m1/s1. The molecule has 3 N–H and O–H groups in total. The highest BCUT2D eigenvalue weighted by Crippen LogP contribution is 2.38. The summed E-state index contributed by atoms with van der Waals surface area (Å²) in [7, 11) is 0. The zero-order valence-electron chi connectivity index (χ0n) is 19.2. The van der Waals surface area contributed by atoms with E-state index in [1.165, 1.54) is 11.8 Å². The van der Waals surface area contributed by atoms with E-state index in [4.69, 9.17) is 16.3 Å². The van der Waals surface area contributed by atoms with Crippen molar-refractivity contribution < 1.29 is 19.7 Å². The number of piperazine rings is 1. The molecular weight excluding hydrogens is 492 g/mol. The number of hydrogen-bond acceptors (Lipinski definition) is 8. The molecule has 0 radical (unpaired) electrons. The van der Waals surface area contributed by atoms with Crippen molar-refractivity contribution in [3.63, 3.8) is 0 Å². The number of benzene rings is 2. The number of nitrogens with one attached hydrogen (secondary N) is 1. The second-order valence-electron chi connectivity index (χ2n) is 8.42. The summed E-state index contributed by atoms with van der Waals surface area (Å²) in [6.45, 7) is 4.78. The van der Waals surface area contributed by atoms with Crippen LogP contribution in [0.25, 0.3) is 10.9 Å². The van der Waals surface area contributed by atoms with Gasteiger partial charge in [-0.15, -0.1) is 11.8 Å². The summed E-state index contributed by atoms with van der Waals surface area (Å²) in [5.74, 6) is -0.0194. The fourth-order valence-corrected chi connectivity index (χ4v) is 5.31. The highest BCUT2D eigenvalue weighted by atomic mass is 35.5. The van der Waals surface area contributed by atoms with Gasteiger partial charge in [0, 0.05) is 38.5 Å². The number of fused-ring (bicyclic) bond motifs is 1. The predicted octanol–water partition coefficient (Wildman–Crippen LogP) is 3.00. The van der Waals surface area contributed by atoms with Gasteiger partial charge in [0.25, 0.3) is 0 Å². The fraction of sp³-hybridized carbons (Fsp3) is 0.375. The van der Waals surface area contributed by atoms with E-state index in [1.807, 2.05) is 30.3 Å². The number of nitrogens with zero attached hydrogens (tertiary/aromatic N) is 3. The van der Waals surface area contributed by atoms with Gasteiger partial charge in [0.15, 0.2) is 0 Å². The number of aromatic amines is 1. The van der Waals surface area contributed by atoms with Gasteiger partial charge in [-0.05, 0) is 24.1 Å². The predicted molar refractivity (Wildman–Crippen MR) is 135 cm³/mol. The molecule has 0 aliphatic carbocycles. The number of amides is 1. The van der Waals surface area contributed by atoms with E-state index in [1.54, 1.807) is 17.9 Å². The maximum Gasteiger partial charge on any atom is 0.410 e. The molecule has 9 nitrogen and oxygen atoms in total. The molecule has 11 heteroatoms. The van der Waals surface area contributed by atoms with Crippen molar-refractivity contribution in [2.75, 3.05) is 38.5 Å². The Labute approximate surface area is 211 Å². The van der Waals surface area contributed by atoms with Gasteiger partial charge in [0.2, 0.25) is 5.88 Å². The van der Waals surface area contributed by atoms with Gasteiger partial charge in [0.1, 0.15) is 6.61 Å². The zero-order valence-corrected chi connectivity index (χ0v) is 20.8. The molecule has 0 bridgehead atoms. The van der Waals surface area contributed by atoms with E-state index in [9.17, 15) is 19.8 Å². The summed E-state index contributed by atoms with van der Waals surface area (Å²) in [6.07, 6.45) is -0.998. The number of β-amino-alcohol motifs (C(OH)–C–C–N with tert-alkyl or cyclic N) is 1. The fourth-order valence-electron chi connectivity index (χ4n) is 3.94. The highest BCUT2D eigenvalue weighted by molar-refractivity contribution is 7.99. The van der Waals surface area contributed by atoms with Crippen LogP contribution in [0.5, 0.6) is 5.88 Å². The molecule has 1 atom stereocenters. The van der Waals surface area contributed by atoms with Crippen molar-refractivity contribution in [3.05, 3.63) is 63.0 Å². The Morgan fingerprint density at radius 3 is 2.69 bits per heavy atom. The van der Waals surface area contributed by atoms with Crippen LogP contribution in [0.3, 0.4) is 0 Å². The summed E-state index contributed by atoms with van der Waals surface area (Å²) in [4.78, 5) is 34.6. The number of aliphatic hydroxyl groups excluding tert-OH is 1. The molecule has 0 saturated carbocycles. The van der Waals surface area contributed by atoms with Crippen molar-refractivity contribution in [2.45, 2.75) is 24.5 Å². The number of ether oxygens (including phenoxy) is 1. The molecule has 1 saturated heterocycles. The minimum absolute atomic E-state index is 0.241. The lowest BCUT2D eigenvalue weighted by molar-refractivity contribution is 0.0578. The molecule has 4 rings (SSSR count). The minimum Gasteiger partial charge on any atom is -0.493 e. The Bertz CT molecular complexity index is 1250. The van der Waals surface area contributed by atoms with E-state index >= 15 is 0 Å². The Morgan fingerprint density at radius 2 is 1.97 bits per heavy atom. The van der Waals surface area contributed by atoms with Gasteiger partial charge >= 0.3 is 11.8 Å². The number of aromatic nitrogens is 2. The Balaban J connectivity index is 1.28. The maximum atomic E-state index is 12.3. The van der Waals surface area contributed by atoms with Crippen LogP contribution >= 0.6 is 23.4 Å². The minimum atomic E-state index is -0.669. The van der Waals surface area contributed by atoms with Crippen LogP contribution in [-0.2, 0) is 11.3 Å². The Kier molecular flexibility index (Phi) is 8.17. The molecule has 2 aromatic carbocycles. The van der Waals surface area contributed by atoms with E-state index in [0.717, 1.165) is 11.1 Å². The molecule has 0 spiro atoms. The third kappa shape index (κ3) is 6.26. The lowest BCUT2D eigenvalue weighted by atomic mass is 10.1. The SMILES string of the molecule is Cc1cc2c(O)nc(=O)[nH]c2c(SC[C@H](O)CN2CCN(C(=O)OCc3ccccc3)CC2)c1Cl. The quantitative estimate of drug-likeness (QED) is 0.408. The van der Waals surface area contributed by atoms with E-state index in [0.29, 0.717) is 59.3 Å². The molecule has 1 amide bonds. The summed E-state index contributed by atoms with van der Waals surface area (Å²) in [5, 5.41) is 21.6. The van der Waals surface area contributed by atoms with E-state index in [-0.39, 0.29) is 18.6 Å². The number of H-pyrrole nitrogens is 1. The number of thioether (sulfide) groups is 1. The number of carbonyl (C=O) groups excluding carboxylic acids is 1. The number of carbonyl (C=O) groups is 1. The molecule has 35 heavy (non-hydrogen) atoms. The summed E-state index contributed by atoms with van der Waals surface area (Å²) in [6, 6.07) is 11.2. The van der Waals surface area contributed by atoms with Gasteiger partial charge in [0.05, 0.1) is 26.9 Å². The van der Waals surface area contributed by atoms with Crippen molar-refractivity contribution in [1.82, 2.24) is 19.8 Å². The van der Waals surface area contributed by atoms with Gasteiger partial charge in [-0.25, -0.2) is 9.59 Å². The van der Waals surface area contributed by atoms with Crippen molar-refractivity contribution in [3.8, 4) is 5.88 Å². The molecule has 1 aliphatic heterocycles. The number of aromatic hydroxyl groups is 1. The van der Waals surface area contributed by atoms with Crippen LogP contribution in [0.1, 0.15) is 11.1 Å². The first-order chi connectivity index (χ1) is 16.8. The van der Waals surface area contributed by atoms with Crippen molar-refractivity contribution >= 4 is 40.4 Å². The molecule has 186 valence electrons. The lowest BCUT2D eigenvalue weighted by Crippen LogP contribution is -2.50. The molecule has 1 fully saturated rings. The number of hydrogen-bond donors (Lipinski definition) is 3. The Hall–Kier alpha value is -2.79. The van der Waals surface area contributed by atoms with Crippen LogP contribution < -0.4 is 5.69 Å². The van der Waals surface area contributed by atoms with Crippen LogP contribution in [0.15, 0.2) is 46.1 Å². The number of aryl methyl sites for hydroxylation is 1. The average molecular weight is 519 g/mol. The van der Waals surface area contributed by atoms with Crippen molar-refractivity contribution in [2.24, 2.45) is 0 Å². The average Bonchev–Trinajstić information content (AvgIpc) is 2.84. The van der Waals surface area contributed by atoms with Gasteiger partial charge in [-0.1, -0.05) is 41.9 Å².